The van der Waals surface area contributed by atoms with Gasteiger partial charge in [0.2, 0.25) is 0 Å². The predicted octanol–water partition coefficient (Wildman–Crippen LogP) is 1.86. The number of allylic oxidation sites excluding steroid dienone is 3. The van der Waals surface area contributed by atoms with E-state index in [2.05, 4.69) is 0 Å². The van der Waals surface area contributed by atoms with E-state index in [1.54, 1.807) is 0 Å². The van der Waals surface area contributed by atoms with E-state index in [-0.39, 0.29) is 12.1 Å². The van der Waals surface area contributed by atoms with Crippen LogP contribution in [0.5, 0.6) is 0 Å². The van der Waals surface area contributed by atoms with Gasteiger partial charge in [0.1, 0.15) is 21.0 Å². The second-order valence-corrected chi connectivity index (χ2v) is 7.80. The number of cyclic esters (lactones) is 1. The van der Waals surface area contributed by atoms with Crippen LogP contribution in [0.1, 0.15) is 40.5 Å². The molecule has 2 aliphatic heterocycles. The van der Waals surface area contributed by atoms with E-state index in [0.29, 0.717) is 17.4 Å². The topological polar surface area (TPSA) is 43.4 Å². The van der Waals surface area contributed by atoms with Crippen molar-refractivity contribution < 1.29 is 14.3 Å². The molecule has 0 unspecified atom stereocenters. The summed E-state index contributed by atoms with van der Waals surface area (Å²) in [6.45, 7) is 7.87. The summed E-state index contributed by atoms with van der Waals surface area (Å²) in [7, 11) is -0.805. The van der Waals surface area contributed by atoms with Gasteiger partial charge in [-0.1, -0.05) is 11.1 Å². The van der Waals surface area contributed by atoms with E-state index in [4.69, 9.17) is 4.74 Å². The van der Waals surface area contributed by atoms with Crippen molar-refractivity contribution in [2.45, 2.75) is 52.2 Å². The molecule has 2 heterocycles. The quantitative estimate of drug-likeness (QED) is 0.412. The van der Waals surface area contributed by atoms with Crippen LogP contribution in [-0.4, -0.2) is 27.0 Å². The summed E-state index contributed by atoms with van der Waals surface area (Å²) in [5.41, 5.74) is 4.28. The normalized spacial score (nSPS) is 29.1. The fourth-order valence-electron chi connectivity index (χ4n) is 2.76. The van der Waals surface area contributed by atoms with E-state index in [1.807, 2.05) is 27.7 Å². The number of rotatable bonds is 1. The third kappa shape index (κ3) is 2.34. The highest BCUT2D eigenvalue weighted by atomic mass is 28.2. The van der Waals surface area contributed by atoms with Crippen molar-refractivity contribution in [3.05, 3.63) is 22.3 Å². The lowest BCUT2D eigenvalue weighted by atomic mass is 10.00. The van der Waals surface area contributed by atoms with Crippen molar-refractivity contribution in [2.75, 3.05) is 0 Å². The predicted molar refractivity (Wildman–Crippen MR) is 73.2 cm³/mol. The van der Waals surface area contributed by atoms with Crippen LogP contribution in [0.25, 0.3) is 0 Å². The number of esters is 1. The van der Waals surface area contributed by atoms with Crippen molar-refractivity contribution >= 4 is 20.9 Å². The molecule has 0 aromatic rings. The Hall–Kier alpha value is -1.16. The summed E-state index contributed by atoms with van der Waals surface area (Å²) in [6, 6.07) is 0. The molecule has 2 fully saturated rings. The van der Waals surface area contributed by atoms with E-state index in [1.165, 1.54) is 0 Å². The standard InChI is InChI=1S/C14H20O3Si/c1-7(2)9-5-11(17-13(9)15)12-6-10(8(3)4)14(16)18-12/h11-12H,5-6,18H2,1-4H3/t11-,12-/m0/s1. The Balaban J connectivity index is 2.14. The highest BCUT2D eigenvalue weighted by molar-refractivity contribution is 6.80. The molecular weight excluding hydrogens is 244 g/mol. The van der Waals surface area contributed by atoms with Crippen molar-refractivity contribution in [2.24, 2.45) is 0 Å². The Morgan fingerprint density at radius 3 is 2.11 bits per heavy atom. The van der Waals surface area contributed by atoms with E-state index >= 15 is 0 Å². The zero-order valence-electron chi connectivity index (χ0n) is 11.5. The zero-order valence-corrected chi connectivity index (χ0v) is 12.9. The van der Waals surface area contributed by atoms with Gasteiger partial charge in [-0.3, -0.25) is 0 Å². The molecule has 3 nitrogen and oxygen atoms in total. The highest BCUT2D eigenvalue weighted by Gasteiger charge is 2.40. The van der Waals surface area contributed by atoms with E-state index < -0.39 is 9.52 Å². The van der Waals surface area contributed by atoms with Crippen LogP contribution >= 0.6 is 0 Å². The van der Waals surface area contributed by atoms with Crippen LogP contribution in [0.4, 0.5) is 0 Å². The summed E-state index contributed by atoms with van der Waals surface area (Å²) in [4.78, 5) is 23.6. The minimum absolute atomic E-state index is 0.0464. The molecule has 0 N–H and O–H groups in total. The van der Waals surface area contributed by atoms with Crippen molar-refractivity contribution in [3.8, 4) is 0 Å². The Bertz CT molecular complexity index is 421. The Morgan fingerprint density at radius 2 is 1.67 bits per heavy atom. The first kappa shape index (κ1) is 13.3. The van der Waals surface area contributed by atoms with Crippen LogP contribution in [0.3, 0.4) is 0 Å². The van der Waals surface area contributed by atoms with Gasteiger partial charge >= 0.3 is 5.97 Å². The summed E-state index contributed by atoms with van der Waals surface area (Å²) >= 11 is 0. The average Bonchev–Trinajstić information content (AvgIpc) is 2.81. The molecular formula is C14H20O3Si. The number of hydrogen-bond acceptors (Lipinski definition) is 3. The van der Waals surface area contributed by atoms with Gasteiger partial charge in [0.05, 0.1) is 0 Å². The first-order valence-corrected chi connectivity index (χ1v) is 7.99. The lowest BCUT2D eigenvalue weighted by Gasteiger charge is -2.14. The van der Waals surface area contributed by atoms with Crippen LogP contribution in [0.15, 0.2) is 22.3 Å². The molecule has 4 heteroatoms. The van der Waals surface area contributed by atoms with Crippen LogP contribution in [-0.2, 0) is 14.3 Å². The molecule has 0 aromatic heterocycles. The first-order valence-electron chi connectivity index (χ1n) is 6.47. The monoisotopic (exact) mass is 264 g/mol. The van der Waals surface area contributed by atoms with Crippen molar-refractivity contribution in [1.29, 1.82) is 0 Å². The molecule has 0 aromatic carbocycles. The minimum Gasteiger partial charge on any atom is -0.459 e. The summed E-state index contributed by atoms with van der Waals surface area (Å²) in [5, 5.41) is 0.363. The molecule has 2 aliphatic rings. The third-order valence-corrected chi connectivity index (χ3v) is 6.03. The maximum Gasteiger partial charge on any atom is 0.334 e. The molecule has 2 atom stereocenters. The number of carbonyl (C=O) groups excluding carboxylic acids is 2. The van der Waals surface area contributed by atoms with Gasteiger partial charge in [-0.2, -0.15) is 0 Å². The lowest BCUT2D eigenvalue weighted by Crippen LogP contribution is -2.18. The number of carbonyl (C=O) groups is 2. The van der Waals surface area contributed by atoms with Crippen molar-refractivity contribution in [1.82, 2.24) is 0 Å². The van der Waals surface area contributed by atoms with E-state index in [0.717, 1.165) is 28.7 Å². The van der Waals surface area contributed by atoms with Gasteiger partial charge in [0.15, 0.2) is 0 Å². The van der Waals surface area contributed by atoms with Gasteiger partial charge in [-0.05, 0) is 45.2 Å². The average molecular weight is 264 g/mol. The zero-order chi connectivity index (χ0) is 13.4. The summed E-state index contributed by atoms with van der Waals surface area (Å²) in [5.74, 6) is -0.174. The van der Waals surface area contributed by atoms with Crippen LogP contribution < -0.4 is 0 Å². The van der Waals surface area contributed by atoms with Gasteiger partial charge in [0.25, 0.3) is 0 Å². The third-order valence-electron chi connectivity index (χ3n) is 3.89. The van der Waals surface area contributed by atoms with Crippen molar-refractivity contribution in [3.63, 3.8) is 0 Å². The smallest absolute Gasteiger partial charge is 0.334 e. The minimum atomic E-state index is -0.805. The Kier molecular flexibility index (Phi) is 3.57. The van der Waals surface area contributed by atoms with Crippen LogP contribution in [0, 0.1) is 0 Å². The Morgan fingerprint density at radius 1 is 1.06 bits per heavy atom. The fourth-order valence-corrected chi connectivity index (χ4v) is 4.94. The molecule has 0 radical (unpaired) electrons. The maximum atomic E-state index is 11.9. The fraction of sp³-hybridized carbons (Fsp3) is 0.571. The molecule has 0 bridgehead atoms. The van der Waals surface area contributed by atoms with Gasteiger partial charge in [-0.25, -0.2) is 4.79 Å². The second kappa shape index (κ2) is 4.84. The molecule has 98 valence electrons. The number of hydrogen-bond donors (Lipinski definition) is 0. The van der Waals surface area contributed by atoms with Gasteiger partial charge in [0, 0.05) is 12.0 Å². The van der Waals surface area contributed by atoms with Gasteiger partial charge < -0.3 is 9.53 Å². The molecule has 2 saturated heterocycles. The Labute approximate surface area is 110 Å². The largest absolute Gasteiger partial charge is 0.459 e. The van der Waals surface area contributed by atoms with E-state index in [9.17, 15) is 9.59 Å². The maximum absolute atomic E-state index is 11.9. The molecule has 0 aliphatic carbocycles. The summed E-state index contributed by atoms with van der Waals surface area (Å²) in [6.07, 6.45) is 1.47. The van der Waals surface area contributed by atoms with Gasteiger partial charge in [-0.15, -0.1) is 0 Å². The molecule has 2 rings (SSSR count). The number of ether oxygens (including phenoxy) is 1. The first-order chi connectivity index (χ1) is 8.40. The van der Waals surface area contributed by atoms with Crippen LogP contribution in [0.2, 0.25) is 5.54 Å². The molecule has 0 spiro atoms. The summed E-state index contributed by atoms with van der Waals surface area (Å²) < 4.78 is 5.46. The lowest BCUT2D eigenvalue weighted by molar-refractivity contribution is -0.139. The molecule has 0 saturated carbocycles. The highest BCUT2D eigenvalue weighted by Crippen LogP contribution is 2.38. The molecule has 0 amide bonds. The SMILES string of the molecule is CC(C)=C1C[C@@H]([C@@H]2CC(=C(C)C)C(=O)[SiH2]2)OC1=O. The second-order valence-electron chi connectivity index (χ2n) is 5.70. The molecule has 18 heavy (non-hydrogen) atoms.